The van der Waals surface area contributed by atoms with Gasteiger partial charge in [0.25, 0.3) is 0 Å². The third-order valence-electron chi connectivity index (χ3n) is 2.31. The lowest BCUT2D eigenvalue weighted by Gasteiger charge is -2.07. The lowest BCUT2D eigenvalue weighted by atomic mass is 10.4. The standard InChI is InChI=1S/C8H10F3N3S2/c9-8(10,11)16-4-3-14-6(5-1-2-5)12-13-7(14)15/h5H,1-4H2,(H,13,15). The number of aromatic amines is 1. The average Bonchev–Trinajstić information content (AvgIpc) is 2.92. The van der Waals surface area contributed by atoms with Crippen LogP contribution >= 0.6 is 24.0 Å². The molecule has 0 atom stereocenters. The molecule has 0 amide bonds. The van der Waals surface area contributed by atoms with Gasteiger partial charge in [0.2, 0.25) is 0 Å². The normalized spacial score (nSPS) is 16.7. The highest BCUT2D eigenvalue weighted by Crippen LogP contribution is 2.39. The molecule has 8 heteroatoms. The third-order valence-corrected chi connectivity index (χ3v) is 3.34. The maximum atomic E-state index is 12.0. The van der Waals surface area contributed by atoms with Crippen LogP contribution in [0.1, 0.15) is 24.6 Å². The van der Waals surface area contributed by atoms with Crippen LogP contribution in [0.4, 0.5) is 13.2 Å². The second-order valence-corrected chi connectivity index (χ2v) is 5.15. The van der Waals surface area contributed by atoms with Crippen molar-refractivity contribution in [3.8, 4) is 0 Å². The topological polar surface area (TPSA) is 33.6 Å². The minimum Gasteiger partial charge on any atom is -0.303 e. The van der Waals surface area contributed by atoms with Crippen molar-refractivity contribution in [2.24, 2.45) is 0 Å². The van der Waals surface area contributed by atoms with E-state index < -0.39 is 5.51 Å². The molecule has 1 aromatic heterocycles. The van der Waals surface area contributed by atoms with Crippen LogP contribution in [0, 0.1) is 4.77 Å². The summed E-state index contributed by atoms with van der Waals surface area (Å²) in [6.07, 6.45) is 2.10. The van der Waals surface area contributed by atoms with Gasteiger partial charge in [0.15, 0.2) is 4.77 Å². The number of thioether (sulfide) groups is 1. The first-order chi connectivity index (χ1) is 7.47. The van der Waals surface area contributed by atoms with Gasteiger partial charge in [0.05, 0.1) is 0 Å². The number of hydrogen-bond donors (Lipinski definition) is 1. The molecule has 0 aliphatic heterocycles. The van der Waals surface area contributed by atoms with Crippen LogP contribution in [0.2, 0.25) is 0 Å². The van der Waals surface area contributed by atoms with Gasteiger partial charge >= 0.3 is 5.51 Å². The first kappa shape index (κ1) is 12.0. The monoisotopic (exact) mass is 269 g/mol. The number of rotatable bonds is 4. The molecule has 0 radical (unpaired) electrons. The largest absolute Gasteiger partial charge is 0.441 e. The summed E-state index contributed by atoms with van der Waals surface area (Å²) in [4.78, 5) is 0. The van der Waals surface area contributed by atoms with Crippen LogP contribution < -0.4 is 0 Å². The lowest BCUT2D eigenvalue weighted by Crippen LogP contribution is -2.09. The van der Waals surface area contributed by atoms with Gasteiger partial charge < -0.3 is 4.57 Å². The van der Waals surface area contributed by atoms with E-state index in [0.717, 1.165) is 18.7 Å². The molecule has 0 bridgehead atoms. The third kappa shape index (κ3) is 3.00. The average molecular weight is 269 g/mol. The first-order valence-corrected chi connectivity index (χ1v) is 6.22. The van der Waals surface area contributed by atoms with Gasteiger partial charge in [-0.2, -0.15) is 18.3 Å². The van der Waals surface area contributed by atoms with Gasteiger partial charge in [0, 0.05) is 18.2 Å². The molecule has 1 aromatic rings. The summed E-state index contributed by atoms with van der Waals surface area (Å²) in [5.74, 6) is 1.15. The Morgan fingerprint density at radius 3 is 2.75 bits per heavy atom. The minimum atomic E-state index is -4.17. The maximum absolute atomic E-state index is 12.0. The molecule has 1 fully saturated rings. The second kappa shape index (κ2) is 4.40. The Morgan fingerprint density at radius 1 is 1.50 bits per heavy atom. The Morgan fingerprint density at radius 2 is 2.19 bits per heavy atom. The number of nitrogens with zero attached hydrogens (tertiary/aromatic N) is 2. The van der Waals surface area contributed by atoms with Crippen molar-refractivity contribution in [2.45, 2.75) is 30.8 Å². The fourth-order valence-electron chi connectivity index (χ4n) is 1.45. The van der Waals surface area contributed by atoms with Crippen LogP contribution in [0.5, 0.6) is 0 Å². The quantitative estimate of drug-likeness (QED) is 0.853. The van der Waals surface area contributed by atoms with E-state index in [2.05, 4.69) is 10.2 Å². The molecule has 3 nitrogen and oxygen atoms in total. The molecule has 0 saturated heterocycles. The Kier molecular flexibility index (Phi) is 3.29. The second-order valence-electron chi connectivity index (χ2n) is 3.61. The highest BCUT2D eigenvalue weighted by atomic mass is 32.2. The van der Waals surface area contributed by atoms with Crippen LogP contribution in [-0.2, 0) is 6.54 Å². The predicted molar refractivity (Wildman–Crippen MR) is 57.9 cm³/mol. The number of H-pyrrole nitrogens is 1. The summed E-state index contributed by atoms with van der Waals surface area (Å²) in [5, 5.41) is 6.68. The van der Waals surface area contributed by atoms with E-state index in [0.29, 0.717) is 10.7 Å². The van der Waals surface area contributed by atoms with E-state index in [-0.39, 0.29) is 24.1 Å². The van der Waals surface area contributed by atoms with E-state index >= 15 is 0 Å². The molecule has 1 heterocycles. The van der Waals surface area contributed by atoms with Gasteiger partial charge in [-0.05, 0) is 36.8 Å². The first-order valence-electron chi connectivity index (χ1n) is 4.83. The summed E-state index contributed by atoms with van der Waals surface area (Å²) in [5.41, 5.74) is -4.17. The zero-order valence-electron chi connectivity index (χ0n) is 8.25. The number of aromatic nitrogens is 3. The summed E-state index contributed by atoms with van der Waals surface area (Å²) < 4.78 is 38.0. The Hall–Kier alpha value is -0.500. The van der Waals surface area contributed by atoms with Crippen molar-refractivity contribution in [1.29, 1.82) is 0 Å². The molecule has 1 aliphatic carbocycles. The Balaban J connectivity index is 1.98. The number of halogens is 3. The van der Waals surface area contributed by atoms with Crippen LogP contribution in [0.25, 0.3) is 0 Å². The highest BCUT2D eigenvalue weighted by Gasteiger charge is 2.30. The number of alkyl halides is 3. The van der Waals surface area contributed by atoms with Gasteiger partial charge in [-0.1, -0.05) is 0 Å². The van der Waals surface area contributed by atoms with Gasteiger partial charge in [-0.15, -0.1) is 0 Å². The van der Waals surface area contributed by atoms with E-state index in [4.69, 9.17) is 12.2 Å². The van der Waals surface area contributed by atoms with Crippen molar-refractivity contribution in [3.63, 3.8) is 0 Å². The van der Waals surface area contributed by atoms with Crippen molar-refractivity contribution < 1.29 is 13.2 Å². The van der Waals surface area contributed by atoms with E-state index in [9.17, 15) is 13.2 Å². The van der Waals surface area contributed by atoms with Crippen molar-refractivity contribution in [3.05, 3.63) is 10.6 Å². The fourth-order valence-corrected chi connectivity index (χ4v) is 2.19. The molecule has 16 heavy (non-hydrogen) atoms. The number of nitrogens with one attached hydrogen (secondary N) is 1. The molecule has 1 saturated carbocycles. The Labute approximate surface area is 99.4 Å². The van der Waals surface area contributed by atoms with E-state index in [1.807, 2.05) is 0 Å². The molecule has 0 aromatic carbocycles. The molecule has 2 rings (SSSR count). The minimum absolute atomic E-state index is 0.0275. The van der Waals surface area contributed by atoms with Crippen LogP contribution in [0.3, 0.4) is 0 Å². The summed E-state index contributed by atoms with van der Waals surface area (Å²) >= 11 is 4.95. The summed E-state index contributed by atoms with van der Waals surface area (Å²) in [6, 6.07) is 0. The van der Waals surface area contributed by atoms with Gasteiger partial charge in [-0.25, -0.2) is 0 Å². The zero-order chi connectivity index (χ0) is 11.8. The molecule has 1 N–H and O–H groups in total. The lowest BCUT2D eigenvalue weighted by molar-refractivity contribution is -0.0328. The maximum Gasteiger partial charge on any atom is 0.441 e. The van der Waals surface area contributed by atoms with E-state index in [1.54, 1.807) is 4.57 Å². The van der Waals surface area contributed by atoms with Crippen molar-refractivity contribution in [1.82, 2.24) is 14.8 Å². The fraction of sp³-hybridized carbons (Fsp3) is 0.750. The molecular formula is C8H10F3N3S2. The molecule has 0 unspecified atom stereocenters. The summed E-state index contributed by atoms with van der Waals surface area (Å²) in [7, 11) is 0. The molecule has 0 spiro atoms. The smallest absolute Gasteiger partial charge is 0.303 e. The van der Waals surface area contributed by atoms with Crippen LogP contribution in [0.15, 0.2) is 0 Å². The molecular weight excluding hydrogens is 259 g/mol. The Bertz CT molecular complexity index is 419. The predicted octanol–water partition coefficient (Wildman–Crippen LogP) is 3.07. The van der Waals surface area contributed by atoms with Crippen molar-refractivity contribution >= 4 is 24.0 Å². The summed E-state index contributed by atoms with van der Waals surface area (Å²) in [6.45, 7) is 0.255. The van der Waals surface area contributed by atoms with Crippen molar-refractivity contribution in [2.75, 3.05) is 5.75 Å². The number of hydrogen-bond acceptors (Lipinski definition) is 3. The highest BCUT2D eigenvalue weighted by molar-refractivity contribution is 8.00. The zero-order valence-corrected chi connectivity index (χ0v) is 9.88. The van der Waals surface area contributed by atoms with Crippen LogP contribution in [-0.4, -0.2) is 26.0 Å². The van der Waals surface area contributed by atoms with E-state index in [1.165, 1.54) is 0 Å². The molecule has 90 valence electrons. The molecule has 1 aliphatic rings. The SMILES string of the molecule is FC(F)(F)SCCn1c(C2CC2)n[nH]c1=S. The van der Waals surface area contributed by atoms with Gasteiger partial charge in [-0.3, -0.25) is 5.10 Å². The van der Waals surface area contributed by atoms with Gasteiger partial charge in [0.1, 0.15) is 5.82 Å².